The number of carboxylic acids is 1. The molecule has 0 saturated heterocycles. The van der Waals surface area contributed by atoms with Crippen LogP contribution in [-0.2, 0) is 4.79 Å². The van der Waals surface area contributed by atoms with Gasteiger partial charge in [0.05, 0.1) is 6.42 Å². The number of carbonyl (C=O) groups is 1. The quantitative estimate of drug-likeness (QED) is 0.531. The van der Waals surface area contributed by atoms with E-state index in [9.17, 15) is 18.0 Å². The van der Waals surface area contributed by atoms with Gasteiger partial charge in [-0.25, -0.2) is 0 Å². The molecule has 1 aromatic rings. The van der Waals surface area contributed by atoms with Gasteiger partial charge >= 0.3 is 12.3 Å². The van der Waals surface area contributed by atoms with Crippen molar-refractivity contribution < 1.29 is 27.8 Å². The molecule has 0 heterocycles. The van der Waals surface area contributed by atoms with Crippen molar-refractivity contribution in [3.63, 3.8) is 0 Å². The molecule has 2 aliphatic rings. The Morgan fingerprint density at radius 2 is 1.52 bits per heavy atom. The first-order valence-electron chi connectivity index (χ1n) is 10.5. The van der Waals surface area contributed by atoms with Crippen LogP contribution in [0.5, 0.6) is 5.75 Å². The Bertz CT molecular complexity index is 680. The van der Waals surface area contributed by atoms with E-state index in [2.05, 4.69) is 10.8 Å². The molecule has 29 heavy (non-hydrogen) atoms. The lowest BCUT2D eigenvalue weighted by Gasteiger charge is -2.37. The average Bonchev–Trinajstić information content (AvgIpc) is 2.68. The molecule has 0 radical (unpaired) electrons. The lowest BCUT2D eigenvalue weighted by atomic mass is 9.68. The standard InChI is InChI=1S/C23H29F3O3/c24-23(25,26)29-21-14-12-20(13-15-21)19-10-8-18(9-11-19)17-6-4-16(5-7-17)2-1-3-22(27)28/h1-2,12-19H,3-11H2,(H,27,28). The Hall–Kier alpha value is -1.98. The minimum Gasteiger partial charge on any atom is -0.481 e. The molecule has 2 aliphatic carbocycles. The maximum atomic E-state index is 12.3. The van der Waals surface area contributed by atoms with Gasteiger partial charge in [-0.2, -0.15) is 0 Å². The van der Waals surface area contributed by atoms with Crippen molar-refractivity contribution in [2.24, 2.45) is 17.8 Å². The van der Waals surface area contributed by atoms with Gasteiger partial charge < -0.3 is 9.84 Å². The predicted molar refractivity (Wildman–Crippen MR) is 105 cm³/mol. The minimum atomic E-state index is -4.65. The molecule has 3 rings (SSSR count). The van der Waals surface area contributed by atoms with Crippen LogP contribution in [0.15, 0.2) is 36.4 Å². The summed E-state index contributed by atoms with van der Waals surface area (Å²) in [5.74, 6) is 1.48. The van der Waals surface area contributed by atoms with Crippen LogP contribution < -0.4 is 4.74 Å². The third-order valence-electron chi connectivity index (χ3n) is 6.54. The van der Waals surface area contributed by atoms with Gasteiger partial charge in [0.2, 0.25) is 0 Å². The van der Waals surface area contributed by atoms with E-state index in [1.807, 2.05) is 0 Å². The SMILES string of the molecule is O=C(O)CC=CC1CCC(C2CCC(c3ccc(OC(F)(F)F)cc3)CC2)CC1. The molecular weight excluding hydrogens is 381 g/mol. The van der Waals surface area contributed by atoms with Gasteiger partial charge in [-0.3, -0.25) is 4.79 Å². The number of hydrogen-bond acceptors (Lipinski definition) is 2. The summed E-state index contributed by atoms with van der Waals surface area (Å²) in [5, 5.41) is 8.71. The van der Waals surface area contributed by atoms with Crippen LogP contribution in [0.25, 0.3) is 0 Å². The van der Waals surface area contributed by atoms with E-state index >= 15 is 0 Å². The second-order valence-electron chi connectivity index (χ2n) is 8.43. The molecule has 0 atom stereocenters. The van der Waals surface area contributed by atoms with Gasteiger partial charge in [-0.05, 0) is 92.7 Å². The van der Waals surface area contributed by atoms with Gasteiger partial charge in [0, 0.05) is 0 Å². The number of ether oxygens (including phenoxy) is 1. The Kier molecular flexibility index (Phi) is 7.25. The molecular formula is C23H29F3O3. The van der Waals surface area contributed by atoms with E-state index in [-0.39, 0.29) is 12.2 Å². The third kappa shape index (κ3) is 6.79. The topological polar surface area (TPSA) is 46.5 Å². The number of allylic oxidation sites excluding steroid dienone is 1. The van der Waals surface area contributed by atoms with Crippen LogP contribution in [-0.4, -0.2) is 17.4 Å². The molecule has 0 amide bonds. The van der Waals surface area contributed by atoms with E-state index in [0.717, 1.165) is 43.1 Å². The normalized spacial score (nSPS) is 28.4. The van der Waals surface area contributed by atoms with Gasteiger partial charge in [0.1, 0.15) is 5.75 Å². The number of halogens is 3. The van der Waals surface area contributed by atoms with E-state index in [1.165, 1.54) is 37.8 Å². The summed E-state index contributed by atoms with van der Waals surface area (Å²) < 4.78 is 40.8. The number of hydrogen-bond donors (Lipinski definition) is 1. The molecule has 0 aliphatic heterocycles. The first kappa shape index (κ1) is 21.7. The van der Waals surface area contributed by atoms with Crippen LogP contribution in [0.2, 0.25) is 0 Å². The molecule has 1 aromatic carbocycles. The second-order valence-corrected chi connectivity index (χ2v) is 8.43. The molecule has 160 valence electrons. The summed E-state index contributed by atoms with van der Waals surface area (Å²) >= 11 is 0. The van der Waals surface area contributed by atoms with Crippen molar-refractivity contribution >= 4 is 5.97 Å². The molecule has 0 bridgehead atoms. The third-order valence-corrected chi connectivity index (χ3v) is 6.54. The van der Waals surface area contributed by atoms with E-state index in [1.54, 1.807) is 18.2 Å². The smallest absolute Gasteiger partial charge is 0.481 e. The van der Waals surface area contributed by atoms with Crippen molar-refractivity contribution in [1.82, 2.24) is 0 Å². The summed E-state index contributed by atoms with van der Waals surface area (Å²) in [6, 6.07) is 6.35. The fourth-order valence-corrected chi connectivity index (χ4v) is 5.04. The zero-order valence-electron chi connectivity index (χ0n) is 16.5. The maximum Gasteiger partial charge on any atom is 0.573 e. The highest BCUT2D eigenvalue weighted by Crippen LogP contribution is 2.44. The van der Waals surface area contributed by atoms with Gasteiger partial charge in [-0.1, -0.05) is 24.3 Å². The minimum absolute atomic E-state index is 0.104. The molecule has 0 unspecified atom stereocenters. The molecule has 0 spiro atoms. The average molecular weight is 410 g/mol. The van der Waals surface area contributed by atoms with Crippen molar-refractivity contribution in [3.8, 4) is 5.75 Å². The number of alkyl halides is 3. The summed E-state index contributed by atoms with van der Waals surface area (Å²) in [4.78, 5) is 10.6. The first-order valence-corrected chi connectivity index (χ1v) is 10.5. The number of rotatable bonds is 6. The monoisotopic (exact) mass is 410 g/mol. The van der Waals surface area contributed by atoms with E-state index < -0.39 is 12.3 Å². The van der Waals surface area contributed by atoms with Gasteiger partial charge in [-0.15, -0.1) is 13.2 Å². The fourth-order valence-electron chi connectivity index (χ4n) is 5.04. The molecule has 1 N–H and O–H groups in total. The fraction of sp³-hybridized carbons (Fsp3) is 0.609. The first-order chi connectivity index (χ1) is 13.8. The van der Waals surface area contributed by atoms with Crippen LogP contribution in [0.3, 0.4) is 0 Å². The van der Waals surface area contributed by atoms with Crippen molar-refractivity contribution in [2.45, 2.75) is 70.1 Å². The molecule has 0 aromatic heterocycles. The molecule has 2 fully saturated rings. The molecule has 6 heteroatoms. The lowest BCUT2D eigenvalue weighted by molar-refractivity contribution is -0.274. The van der Waals surface area contributed by atoms with Crippen molar-refractivity contribution in [3.05, 3.63) is 42.0 Å². The van der Waals surface area contributed by atoms with E-state index in [4.69, 9.17) is 5.11 Å². The highest BCUT2D eigenvalue weighted by molar-refractivity contribution is 5.68. The summed E-state index contributed by atoms with van der Waals surface area (Å²) in [6.45, 7) is 0. The summed E-state index contributed by atoms with van der Waals surface area (Å²) in [6.07, 6.45) is 8.54. The maximum absolute atomic E-state index is 12.3. The highest BCUT2D eigenvalue weighted by atomic mass is 19.4. The van der Waals surface area contributed by atoms with Gasteiger partial charge in [0.15, 0.2) is 0 Å². The van der Waals surface area contributed by atoms with E-state index in [0.29, 0.717) is 11.8 Å². The number of aliphatic carboxylic acids is 1. The molecule has 2 saturated carbocycles. The van der Waals surface area contributed by atoms with Crippen molar-refractivity contribution in [2.75, 3.05) is 0 Å². The Labute approximate surface area is 170 Å². The highest BCUT2D eigenvalue weighted by Gasteiger charge is 2.32. The van der Waals surface area contributed by atoms with Crippen LogP contribution in [0, 0.1) is 17.8 Å². The summed E-state index contributed by atoms with van der Waals surface area (Å²) in [5.41, 5.74) is 1.10. The van der Waals surface area contributed by atoms with Crippen molar-refractivity contribution in [1.29, 1.82) is 0 Å². The number of carboxylic acid groups (broad SMARTS) is 1. The molecule has 3 nitrogen and oxygen atoms in total. The van der Waals surface area contributed by atoms with Gasteiger partial charge in [0.25, 0.3) is 0 Å². The van der Waals surface area contributed by atoms with Crippen LogP contribution in [0.4, 0.5) is 13.2 Å². The predicted octanol–water partition coefficient (Wildman–Crippen LogP) is 6.70. The second kappa shape index (κ2) is 9.68. The number of benzene rings is 1. The van der Waals surface area contributed by atoms with Crippen LogP contribution in [0.1, 0.15) is 69.3 Å². The largest absolute Gasteiger partial charge is 0.573 e. The summed E-state index contributed by atoms with van der Waals surface area (Å²) in [7, 11) is 0. The zero-order valence-corrected chi connectivity index (χ0v) is 16.5. The Morgan fingerprint density at radius 1 is 0.966 bits per heavy atom. The van der Waals surface area contributed by atoms with Crippen LogP contribution >= 0.6 is 0 Å². The Morgan fingerprint density at radius 3 is 2.03 bits per heavy atom. The Balaban J connectivity index is 1.43. The zero-order chi connectivity index (χ0) is 20.9. The lowest BCUT2D eigenvalue weighted by Crippen LogP contribution is -2.25.